The molecule has 1 aromatic carbocycles. The van der Waals surface area contributed by atoms with Crippen LogP contribution in [0.15, 0.2) is 22.7 Å². The largest absolute Gasteiger partial charge is 0.454 e. The Kier molecular flexibility index (Phi) is 5.34. The predicted molar refractivity (Wildman–Crippen MR) is 94.6 cm³/mol. The predicted octanol–water partition coefficient (Wildman–Crippen LogP) is 2.70. The molecule has 0 bridgehead atoms. The minimum atomic E-state index is -0.958. The molecule has 1 amide bonds. The average molecular weight is 374 g/mol. The van der Waals surface area contributed by atoms with E-state index in [1.807, 2.05) is 19.9 Å². The van der Waals surface area contributed by atoms with E-state index in [2.05, 4.69) is 10.5 Å². The van der Waals surface area contributed by atoms with E-state index in [1.165, 1.54) is 6.92 Å². The van der Waals surface area contributed by atoms with Crippen molar-refractivity contribution in [2.24, 2.45) is 0 Å². The minimum absolute atomic E-state index is 0.0242. The molecule has 1 aliphatic heterocycles. The molecule has 1 N–H and O–H groups in total. The molecule has 27 heavy (non-hydrogen) atoms. The number of hydrogen-bond acceptors (Lipinski definition) is 7. The molecule has 0 spiro atoms. The number of esters is 1. The second kappa shape index (κ2) is 7.69. The van der Waals surface area contributed by atoms with Crippen molar-refractivity contribution >= 4 is 11.9 Å². The molecule has 0 fully saturated rings. The van der Waals surface area contributed by atoms with Crippen LogP contribution in [0, 0.1) is 6.92 Å². The number of hydrogen-bond donors (Lipinski definition) is 1. The molecule has 0 unspecified atom stereocenters. The summed E-state index contributed by atoms with van der Waals surface area (Å²) in [4.78, 5) is 24.7. The summed E-state index contributed by atoms with van der Waals surface area (Å²) in [6.45, 7) is 7.43. The number of carbonyl (C=O) groups excluding carboxylic acids is 2. The lowest BCUT2D eigenvalue weighted by Gasteiger charge is -2.14. The lowest BCUT2D eigenvalue weighted by molar-refractivity contribution is -0.129. The van der Waals surface area contributed by atoms with E-state index >= 15 is 0 Å². The van der Waals surface area contributed by atoms with Crippen LogP contribution in [0.25, 0.3) is 0 Å². The molecule has 0 saturated carbocycles. The van der Waals surface area contributed by atoms with Gasteiger partial charge in [0.15, 0.2) is 23.4 Å². The standard InChI is InChI=1S/C19H22N2O6/c1-10(2)17-16(11(3)21-27-17)19(23)26-12(4)18(22)20-8-13-5-6-14-15(7-13)25-9-24-14/h5-7,10,12H,8-9H2,1-4H3,(H,20,22)/t12-/m1/s1. The fourth-order valence-electron chi connectivity index (χ4n) is 2.69. The smallest absolute Gasteiger partial charge is 0.344 e. The summed E-state index contributed by atoms with van der Waals surface area (Å²) in [5.41, 5.74) is 1.57. The molecule has 0 aliphatic carbocycles. The zero-order valence-electron chi connectivity index (χ0n) is 15.7. The van der Waals surface area contributed by atoms with Crippen LogP contribution in [0.3, 0.4) is 0 Å². The molecular weight excluding hydrogens is 352 g/mol. The number of aromatic nitrogens is 1. The first-order valence-electron chi connectivity index (χ1n) is 8.70. The van der Waals surface area contributed by atoms with Gasteiger partial charge in [-0.2, -0.15) is 0 Å². The van der Waals surface area contributed by atoms with E-state index in [4.69, 9.17) is 18.7 Å². The van der Waals surface area contributed by atoms with Gasteiger partial charge in [0, 0.05) is 12.5 Å². The summed E-state index contributed by atoms with van der Waals surface area (Å²) in [6.07, 6.45) is -0.958. The van der Waals surface area contributed by atoms with E-state index in [-0.39, 0.29) is 24.8 Å². The van der Waals surface area contributed by atoms with Gasteiger partial charge in [0.2, 0.25) is 6.79 Å². The second-order valence-corrected chi connectivity index (χ2v) is 6.61. The fourth-order valence-corrected chi connectivity index (χ4v) is 2.69. The van der Waals surface area contributed by atoms with Crippen molar-refractivity contribution < 1.29 is 28.3 Å². The van der Waals surface area contributed by atoms with Gasteiger partial charge in [-0.15, -0.1) is 0 Å². The molecule has 1 aliphatic rings. The molecule has 0 saturated heterocycles. The third-order valence-electron chi connectivity index (χ3n) is 4.17. The van der Waals surface area contributed by atoms with Gasteiger partial charge in [-0.3, -0.25) is 4.79 Å². The second-order valence-electron chi connectivity index (χ2n) is 6.61. The van der Waals surface area contributed by atoms with Crippen LogP contribution in [0.4, 0.5) is 0 Å². The Morgan fingerprint density at radius 1 is 1.22 bits per heavy atom. The summed E-state index contributed by atoms with van der Waals surface area (Å²) in [5, 5.41) is 6.56. The number of aryl methyl sites for hydroxylation is 1. The van der Waals surface area contributed by atoms with Crippen molar-refractivity contribution in [3.63, 3.8) is 0 Å². The maximum atomic E-state index is 12.4. The third-order valence-corrected chi connectivity index (χ3v) is 4.17. The van der Waals surface area contributed by atoms with E-state index in [0.717, 1.165) is 5.56 Å². The summed E-state index contributed by atoms with van der Waals surface area (Å²) >= 11 is 0. The molecule has 1 aromatic heterocycles. The first-order valence-corrected chi connectivity index (χ1v) is 8.70. The number of carbonyl (C=O) groups is 2. The van der Waals surface area contributed by atoms with Crippen molar-refractivity contribution in [3.8, 4) is 11.5 Å². The minimum Gasteiger partial charge on any atom is -0.454 e. The normalized spacial score (nSPS) is 13.5. The van der Waals surface area contributed by atoms with Crippen LogP contribution in [0.5, 0.6) is 11.5 Å². The van der Waals surface area contributed by atoms with Gasteiger partial charge >= 0.3 is 5.97 Å². The van der Waals surface area contributed by atoms with Crippen molar-refractivity contribution in [3.05, 3.63) is 40.8 Å². The monoisotopic (exact) mass is 374 g/mol. The molecule has 8 nitrogen and oxygen atoms in total. The highest BCUT2D eigenvalue weighted by Gasteiger charge is 2.27. The number of fused-ring (bicyclic) bond motifs is 1. The van der Waals surface area contributed by atoms with Crippen LogP contribution < -0.4 is 14.8 Å². The van der Waals surface area contributed by atoms with Crippen LogP contribution in [0.2, 0.25) is 0 Å². The van der Waals surface area contributed by atoms with Gasteiger partial charge in [0.05, 0.1) is 5.69 Å². The van der Waals surface area contributed by atoms with Crippen LogP contribution in [0.1, 0.15) is 54.1 Å². The molecule has 144 valence electrons. The lowest BCUT2D eigenvalue weighted by Crippen LogP contribution is -2.35. The molecule has 2 heterocycles. The summed E-state index contributed by atoms with van der Waals surface area (Å²) in [6, 6.07) is 5.42. The maximum Gasteiger partial charge on any atom is 0.344 e. The molecule has 1 atom stereocenters. The Morgan fingerprint density at radius 2 is 1.96 bits per heavy atom. The summed E-state index contributed by atoms with van der Waals surface area (Å²) in [5.74, 6) is 0.724. The number of benzene rings is 1. The average Bonchev–Trinajstić information content (AvgIpc) is 3.25. The topological polar surface area (TPSA) is 99.9 Å². The zero-order valence-corrected chi connectivity index (χ0v) is 15.7. The molecular formula is C19H22N2O6. The van der Waals surface area contributed by atoms with E-state index in [1.54, 1.807) is 19.1 Å². The van der Waals surface area contributed by atoms with Gasteiger partial charge in [-0.05, 0) is 31.5 Å². The Morgan fingerprint density at radius 3 is 2.70 bits per heavy atom. The number of nitrogens with one attached hydrogen (secondary N) is 1. The van der Waals surface area contributed by atoms with Crippen molar-refractivity contribution in [2.45, 2.75) is 46.3 Å². The Hall–Kier alpha value is -3.03. The van der Waals surface area contributed by atoms with E-state index in [9.17, 15) is 9.59 Å². The van der Waals surface area contributed by atoms with Crippen LogP contribution >= 0.6 is 0 Å². The molecule has 8 heteroatoms. The van der Waals surface area contributed by atoms with Crippen LogP contribution in [-0.2, 0) is 16.1 Å². The first kappa shape index (κ1) is 18.8. The number of ether oxygens (including phenoxy) is 3. The van der Waals surface area contributed by atoms with Gasteiger partial charge in [0.25, 0.3) is 5.91 Å². The summed E-state index contributed by atoms with van der Waals surface area (Å²) < 4.78 is 21.0. The van der Waals surface area contributed by atoms with Crippen molar-refractivity contribution in [2.75, 3.05) is 6.79 Å². The van der Waals surface area contributed by atoms with Gasteiger partial charge in [0.1, 0.15) is 5.56 Å². The molecule has 0 radical (unpaired) electrons. The molecule has 3 rings (SSSR count). The summed E-state index contributed by atoms with van der Waals surface area (Å²) in [7, 11) is 0. The molecule has 2 aromatic rings. The van der Waals surface area contributed by atoms with E-state index < -0.39 is 18.0 Å². The number of nitrogens with zero attached hydrogens (tertiary/aromatic N) is 1. The zero-order chi connectivity index (χ0) is 19.6. The van der Waals surface area contributed by atoms with Gasteiger partial charge in [-0.1, -0.05) is 25.1 Å². The quantitative estimate of drug-likeness (QED) is 0.776. The number of amides is 1. The first-order chi connectivity index (χ1) is 12.9. The Labute approximate surface area is 156 Å². The fraction of sp³-hybridized carbons (Fsp3) is 0.421. The van der Waals surface area contributed by atoms with Crippen LogP contribution in [-0.4, -0.2) is 29.9 Å². The maximum absolute atomic E-state index is 12.4. The number of rotatable bonds is 6. The van der Waals surface area contributed by atoms with Gasteiger partial charge in [-0.25, -0.2) is 4.79 Å². The third kappa shape index (κ3) is 4.05. The van der Waals surface area contributed by atoms with Gasteiger partial charge < -0.3 is 24.1 Å². The highest BCUT2D eigenvalue weighted by Crippen LogP contribution is 2.32. The van der Waals surface area contributed by atoms with Crippen molar-refractivity contribution in [1.82, 2.24) is 10.5 Å². The highest BCUT2D eigenvalue weighted by atomic mass is 16.7. The Balaban J connectivity index is 1.58. The lowest BCUT2D eigenvalue weighted by atomic mass is 10.1. The van der Waals surface area contributed by atoms with Crippen molar-refractivity contribution in [1.29, 1.82) is 0 Å². The van der Waals surface area contributed by atoms with E-state index in [0.29, 0.717) is 23.0 Å². The SMILES string of the molecule is Cc1noc(C(C)C)c1C(=O)O[C@H](C)C(=O)NCc1ccc2c(c1)OCO2. The highest BCUT2D eigenvalue weighted by molar-refractivity contribution is 5.94. The Bertz CT molecular complexity index is 858.